The summed E-state index contributed by atoms with van der Waals surface area (Å²) in [6, 6.07) is -0.412. The Bertz CT molecular complexity index is 255. The molecule has 1 amide bonds. The van der Waals surface area contributed by atoms with E-state index in [4.69, 9.17) is 5.73 Å². The summed E-state index contributed by atoms with van der Waals surface area (Å²) in [5, 5.41) is 3.01. The van der Waals surface area contributed by atoms with E-state index < -0.39 is 6.04 Å². The SMILES string of the molecule is CC1CCC(CNC(=O)[C@@H](N)C(C)(C)C)CC1.Cl. The molecule has 4 heteroatoms. The number of hydrogen-bond acceptors (Lipinski definition) is 2. The van der Waals surface area contributed by atoms with E-state index in [2.05, 4.69) is 12.2 Å². The van der Waals surface area contributed by atoms with Crippen LogP contribution in [-0.4, -0.2) is 18.5 Å². The maximum Gasteiger partial charge on any atom is 0.237 e. The summed E-state index contributed by atoms with van der Waals surface area (Å²) >= 11 is 0. The van der Waals surface area contributed by atoms with Gasteiger partial charge in [-0.25, -0.2) is 0 Å². The Morgan fingerprint density at radius 2 is 1.78 bits per heavy atom. The summed E-state index contributed by atoms with van der Waals surface area (Å²) < 4.78 is 0. The summed E-state index contributed by atoms with van der Waals surface area (Å²) in [6.45, 7) is 9.11. The van der Waals surface area contributed by atoms with E-state index in [1.54, 1.807) is 0 Å². The summed E-state index contributed by atoms with van der Waals surface area (Å²) in [5.74, 6) is 1.51. The summed E-state index contributed by atoms with van der Waals surface area (Å²) in [5.41, 5.74) is 5.76. The summed E-state index contributed by atoms with van der Waals surface area (Å²) in [7, 11) is 0. The van der Waals surface area contributed by atoms with Gasteiger partial charge in [0.05, 0.1) is 6.04 Å². The monoisotopic (exact) mass is 276 g/mol. The highest BCUT2D eigenvalue weighted by molar-refractivity contribution is 5.85. The van der Waals surface area contributed by atoms with Gasteiger partial charge in [0, 0.05) is 6.54 Å². The van der Waals surface area contributed by atoms with Gasteiger partial charge in [0.15, 0.2) is 0 Å². The third kappa shape index (κ3) is 5.57. The third-order valence-corrected chi connectivity index (χ3v) is 3.92. The molecular weight excluding hydrogens is 248 g/mol. The van der Waals surface area contributed by atoms with Crippen molar-refractivity contribution in [3.05, 3.63) is 0 Å². The molecule has 1 saturated carbocycles. The van der Waals surface area contributed by atoms with Crippen LogP contribution in [0.4, 0.5) is 0 Å². The van der Waals surface area contributed by atoms with Crippen LogP contribution < -0.4 is 11.1 Å². The molecule has 0 radical (unpaired) electrons. The van der Waals surface area contributed by atoms with Crippen molar-refractivity contribution in [3.63, 3.8) is 0 Å². The molecule has 3 N–H and O–H groups in total. The van der Waals surface area contributed by atoms with Crippen LogP contribution in [0.25, 0.3) is 0 Å². The minimum atomic E-state index is -0.412. The van der Waals surface area contributed by atoms with Crippen LogP contribution in [-0.2, 0) is 4.79 Å². The Hall–Kier alpha value is -0.280. The van der Waals surface area contributed by atoms with Gasteiger partial charge in [-0.3, -0.25) is 4.79 Å². The predicted octanol–water partition coefficient (Wildman–Crippen LogP) is 2.72. The lowest BCUT2D eigenvalue weighted by molar-refractivity contribution is -0.124. The normalized spacial score (nSPS) is 26.1. The molecule has 1 atom stereocenters. The van der Waals surface area contributed by atoms with Crippen LogP contribution >= 0.6 is 12.4 Å². The maximum absolute atomic E-state index is 11.9. The van der Waals surface area contributed by atoms with Crippen molar-refractivity contribution in [1.29, 1.82) is 0 Å². The van der Waals surface area contributed by atoms with Gasteiger partial charge in [-0.05, 0) is 30.1 Å². The van der Waals surface area contributed by atoms with Crippen molar-refractivity contribution < 1.29 is 4.79 Å². The minimum absolute atomic E-state index is 0. The standard InChI is InChI=1S/C14H28N2O.ClH/c1-10-5-7-11(8-6-10)9-16-13(17)12(15)14(2,3)4;/h10-12H,5-9,15H2,1-4H3,(H,16,17);1H/t10?,11?,12-;/m1./s1. The van der Waals surface area contributed by atoms with Crippen molar-refractivity contribution in [2.24, 2.45) is 23.0 Å². The van der Waals surface area contributed by atoms with Crippen molar-refractivity contribution >= 4 is 18.3 Å². The number of rotatable bonds is 3. The molecule has 0 aromatic heterocycles. The van der Waals surface area contributed by atoms with Crippen molar-refractivity contribution in [2.75, 3.05) is 6.54 Å². The molecule has 0 saturated heterocycles. The van der Waals surface area contributed by atoms with Gasteiger partial charge in [-0.1, -0.05) is 40.5 Å². The van der Waals surface area contributed by atoms with E-state index in [-0.39, 0.29) is 23.7 Å². The second-order valence-electron chi connectivity index (χ2n) is 6.71. The molecule has 0 aromatic carbocycles. The minimum Gasteiger partial charge on any atom is -0.354 e. The van der Waals surface area contributed by atoms with Crippen molar-refractivity contribution in [2.45, 2.75) is 59.4 Å². The lowest BCUT2D eigenvalue weighted by Gasteiger charge is -2.29. The van der Waals surface area contributed by atoms with Gasteiger partial charge in [0.25, 0.3) is 0 Å². The number of carbonyl (C=O) groups is 1. The average molecular weight is 277 g/mol. The molecule has 0 spiro atoms. The van der Waals surface area contributed by atoms with Crippen LogP contribution in [0.3, 0.4) is 0 Å². The molecule has 0 aliphatic heterocycles. The highest BCUT2D eigenvalue weighted by atomic mass is 35.5. The molecule has 1 aliphatic rings. The van der Waals surface area contributed by atoms with Crippen molar-refractivity contribution in [1.82, 2.24) is 5.32 Å². The lowest BCUT2D eigenvalue weighted by atomic mass is 9.82. The second-order valence-corrected chi connectivity index (χ2v) is 6.71. The maximum atomic E-state index is 11.9. The molecule has 1 aliphatic carbocycles. The van der Waals surface area contributed by atoms with Crippen LogP contribution in [0.15, 0.2) is 0 Å². The zero-order valence-electron chi connectivity index (χ0n) is 12.2. The number of nitrogens with one attached hydrogen (secondary N) is 1. The first kappa shape index (κ1) is 17.7. The molecule has 18 heavy (non-hydrogen) atoms. The van der Waals surface area contributed by atoms with E-state index in [0.717, 1.165) is 12.5 Å². The van der Waals surface area contributed by atoms with Gasteiger partial charge >= 0.3 is 0 Å². The quantitative estimate of drug-likeness (QED) is 0.833. The Labute approximate surface area is 118 Å². The van der Waals surface area contributed by atoms with Crippen LogP contribution in [0.1, 0.15) is 53.4 Å². The fraction of sp³-hybridized carbons (Fsp3) is 0.929. The highest BCUT2D eigenvalue weighted by Crippen LogP contribution is 2.27. The molecule has 0 unspecified atom stereocenters. The van der Waals surface area contributed by atoms with E-state index in [1.807, 2.05) is 20.8 Å². The number of hydrogen-bond donors (Lipinski definition) is 2. The van der Waals surface area contributed by atoms with Crippen molar-refractivity contribution in [3.8, 4) is 0 Å². The van der Waals surface area contributed by atoms with Crippen LogP contribution in [0.5, 0.6) is 0 Å². The van der Waals surface area contributed by atoms with E-state index in [1.165, 1.54) is 25.7 Å². The lowest BCUT2D eigenvalue weighted by Crippen LogP contribution is -2.49. The van der Waals surface area contributed by atoms with Crippen LogP contribution in [0, 0.1) is 17.3 Å². The average Bonchev–Trinajstić information content (AvgIpc) is 2.25. The topological polar surface area (TPSA) is 55.1 Å². The Morgan fingerprint density at radius 1 is 1.28 bits per heavy atom. The molecule has 0 aromatic rings. The molecule has 1 rings (SSSR count). The first-order valence-corrected chi connectivity index (χ1v) is 6.84. The third-order valence-electron chi connectivity index (χ3n) is 3.92. The van der Waals surface area contributed by atoms with Gasteiger partial charge in [0.2, 0.25) is 5.91 Å². The fourth-order valence-electron chi connectivity index (χ4n) is 2.28. The molecule has 108 valence electrons. The van der Waals surface area contributed by atoms with E-state index in [0.29, 0.717) is 5.92 Å². The Kier molecular flexibility index (Phi) is 7.23. The fourth-order valence-corrected chi connectivity index (χ4v) is 2.28. The Morgan fingerprint density at radius 3 is 2.22 bits per heavy atom. The van der Waals surface area contributed by atoms with Gasteiger partial charge in [-0.15, -0.1) is 12.4 Å². The Balaban J connectivity index is 0.00000289. The zero-order chi connectivity index (χ0) is 13.1. The molecule has 1 fully saturated rings. The van der Waals surface area contributed by atoms with Gasteiger partial charge in [0.1, 0.15) is 0 Å². The van der Waals surface area contributed by atoms with E-state index >= 15 is 0 Å². The number of amides is 1. The first-order chi connectivity index (χ1) is 7.80. The molecule has 0 heterocycles. The largest absolute Gasteiger partial charge is 0.354 e. The zero-order valence-corrected chi connectivity index (χ0v) is 13.0. The molecule has 3 nitrogen and oxygen atoms in total. The number of nitrogens with two attached hydrogens (primary N) is 1. The van der Waals surface area contributed by atoms with E-state index in [9.17, 15) is 4.79 Å². The molecular formula is C14H29ClN2O. The van der Waals surface area contributed by atoms with Gasteiger partial charge in [-0.2, -0.15) is 0 Å². The smallest absolute Gasteiger partial charge is 0.237 e. The molecule has 0 bridgehead atoms. The number of carbonyl (C=O) groups excluding carboxylic acids is 1. The summed E-state index contributed by atoms with van der Waals surface area (Å²) in [4.78, 5) is 11.9. The predicted molar refractivity (Wildman–Crippen MR) is 78.8 cm³/mol. The highest BCUT2D eigenvalue weighted by Gasteiger charge is 2.28. The second kappa shape index (κ2) is 7.34. The first-order valence-electron chi connectivity index (χ1n) is 6.84. The van der Waals surface area contributed by atoms with Gasteiger partial charge < -0.3 is 11.1 Å². The summed E-state index contributed by atoms with van der Waals surface area (Å²) in [6.07, 6.45) is 5.08. The number of halogens is 1. The van der Waals surface area contributed by atoms with Crippen LogP contribution in [0.2, 0.25) is 0 Å².